The molecule has 0 fully saturated rings. The van der Waals surface area contributed by atoms with Crippen molar-refractivity contribution in [2.24, 2.45) is 5.73 Å². The highest BCUT2D eigenvalue weighted by Gasteiger charge is 2.17. The van der Waals surface area contributed by atoms with Crippen LogP contribution in [0.25, 0.3) is 0 Å². The van der Waals surface area contributed by atoms with Gasteiger partial charge in [0.25, 0.3) is 0 Å². The molecular weight excluding hydrogens is 288 g/mol. The first-order chi connectivity index (χ1) is 8.61. The second-order valence-electron chi connectivity index (χ2n) is 3.97. The Morgan fingerprint density at radius 2 is 1.95 bits per heavy atom. The lowest BCUT2D eigenvalue weighted by atomic mass is 10.2. The number of hydrogen-bond donors (Lipinski definition) is 2. The van der Waals surface area contributed by atoms with E-state index in [9.17, 15) is 4.79 Å². The summed E-state index contributed by atoms with van der Waals surface area (Å²) in [5.74, 6) is 1.14. The molecule has 7 heteroatoms. The third kappa shape index (κ3) is 3.68. The van der Waals surface area contributed by atoms with E-state index in [1.54, 1.807) is 13.0 Å². The summed E-state index contributed by atoms with van der Waals surface area (Å²) >= 11 is 1.53. The van der Waals surface area contributed by atoms with Crippen molar-refractivity contribution in [1.29, 1.82) is 0 Å². The molecule has 1 aromatic rings. The quantitative estimate of drug-likeness (QED) is 0.834. The molecule has 2 rings (SSSR count). The molecule has 3 N–H and O–H groups in total. The van der Waals surface area contributed by atoms with E-state index in [2.05, 4.69) is 5.32 Å². The standard InChI is InChI=1S/C12H16N2O3S.ClH/c1-7(13)12(15)14-8-5-9-10(6-11(8)18-2)17-4-3-16-9;/h5-7H,3-4,13H2,1-2H3,(H,14,15);1H/t7-;/m0./s1. The Morgan fingerprint density at radius 3 is 2.47 bits per heavy atom. The van der Waals surface area contributed by atoms with Crippen molar-refractivity contribution in [1.82, 2.24) is 0 Å². The third-order valence-corrected chi connectivity index (χ3v) is 3.31. The van der Waals surface area contributed by atoms with Crippen LogP contribution in [0.3, 0.4) is 0 Å². The zero-order valence-corrected chi connectivity index (χ0v) is 12.4. The van der Waals surface area contributed by atoms with Crippen molar-refractivity contribution in [3.8, 4) is 11.5 Å². The van der Waals surface area contributed by atoms with Gasteiger partial charge in [-0.15, -0.1) is 24.2 Å². The monoisotopic (exact) mass is 304 g/mol. The van der Waals surface area contributed by atoms with Gasteiger partial charge in [0, 0.05) is 11.0 Å². The molecule has 0 radical (unpaired) electrons. The number of amides is 1. The minimum Gasteiger partial charge on any atom is -0.486 e. The van der Waals surface area contributed by atoms with Crippen LogP contribution < -0.4 is 20.5 Å². The molecular formula is C12H17ClN2O3S. The topological polar surface area (TPSA) is 73.6 Å². The van der Waals surface area contributed by atoms with Gasteiger partial charge in [-0.1, -0.05) is 0 Å². The first kappa shape index (κ1) is 15.9. The molecule has 5 nitrogen and oxygen atoms in total. The lowest BCUT2D eigenvalue weighted by Crippen LogP contribution is -2.32. The molecule has 1 amide bonds. The highest BCUT2D eigenvalue weighted by molar-refractivity contribution is 7.98. The number of hydrogen-bond acceptors (Lipinski definition) is 5. The van der Waals surface area contributed by atoms with Gasteiger partial charge in [-0.25, -0.2) is 0 Å². The molecule has 0 bridgehead atoms. The number of thioether (sulfide) groups is 1. The number of nitrogens with two attached hydrogens (primary N) is 1. The van der Waals surface area contributed by atoms with Gasteiger partial charge in [0.05, 0.1) is 11.7 Å². The SMILES string of the molecule is CSc1cc2c(cc1NC(=O)[C@H](C)N)OCCO2.Cl. The highest BCUT2D eigenvalue weighted by Crippen LogP contribution is 2.39. The average molecular weight is 305 g/mol. The van der Waals surface area contributed by atoms with E-state index < -0.39 is 6.04 Å². The van der Waals surface area contributed by atoms with Gasteiger partial charge in [0.2, 0.25) is 5.91 Å². The summed E-state index contributed by atoms with van der Waals surface area (Å²) in [4.78, 5) is 12.6. The third-order valence-electron chi connectivity index (χ3n) is 2.54. The first-order valence-electron chi connectivity index (χ1n) is 5.66. The summed E-state index contributed by atoms with van der Waals surface area (Å²) in [5, 5.41) is 2.79. The van der Waals surface area contributed by atoms with Crippen molar-refractivity contribution in [3.05, 3.63) is 12.1 Å². The molecule has 1 heterocycles. The van der Waals surface area contributed by atoms with Gasteiger partial charge in [-0.05, 0) is 19.2 Å². The Kier molecular flexibility index (Phi) is 5.78. The van der Waals surface area contributed by atoms with E-state index in [0.717, 1.165) is 4.90 Å². The van der Waals surface area contributed by atoms with E-state index in [-0.39, 0.29) is 18.3 Å². The minimum absolute atomic E-state index is 0. The van der Waals surface area contributed by atoms with Crippen LogP contribution in [0.4, 0.5) is 5.69 Å². The summed E-state index contributed by atoms with van der Waals surface area (Å²) in [7, 11) is 0. The normalized spacial score (nSPS) is 14.3. The van der Waals surface area contributed by atoms with Crippen molar-refractivity contribution in [2.45, 2.75) is 17.9 Å². The zero-order valence-electron chi connectivity index (χ0n) is 10.8. The molecule has 1 aliphatic rings. The smallest absolute Gasteiger partial charge is 0.241 e. The van der Waals surface area contributed by atoms with Crippen LogP contribution in [-0.2, 0) is 4.79 Å². The van der Waals surface area contributed by atoms with Crippen molar-refractivity contribution >= 4 is 35.8 Å². The van der Waals surface area contributed by atoms with Crippen molar-refractivity contribution in [2.75, 3.05) is 24.8 Å². The maximum atomic E-state index is 11.6. The van der Waals surface area contributed by atoms with E-state index in [0.29, 0.717) is 30.4 Å². The molecule has 0 saturated heterocycles. The van der Waals surface area contributed by atoms with Crippen LogP contribution in [0.2, 0.25) is 0 Å². The number of carbonyl (C=O) groups is 1. The Balaban J connectivity index is 0.00000180. The fourth-order valence-corrected chi connectivity index (χ4v) is 2.14. The second kappa shape index (κ2) is 6.88. The fourth-order valence-electron chi connectivity index (χ4n) is 1.58. The molecule has 1 aliphatic heterocycles. The minimum atomic E-state index is -0.548. The molecule has 1 aromatic carbocycles. The Hall–Kier alpha value is -1.11. The van der Waals surface area contributed by atoms with Gasteiger partial charge >= 0.3 is 0 Å². The Bertz CT molecular complexity index is 469. The zero-order chi connectivity index (χ0) is 13.1. The largest absolute Gasteiger partial charge is 0.486 e. The van der Waals surface area contributed by atoms with Gasteiger partial charge in [0.1, 0.15) is 13.2 Å². The first-order valence-corrected chi connectivity index (χ1v) is 6.88. The molecule has 1 atom stereocenters. The number of halogens is 1. The van der Waals surface area contributed by atoms with Crippen LogP contribution in [0, 0.1) is 0 Å². The summed E-state index contributed by atoms with van der Waals surface area (Å²) < 4.78 is 11.0. The lowest BCUT2D eigenvalue weighted by molar-refractivity contribution is -0.117. The van der Waals surface area contributed by atoms with Crippen LogP contribution in [0.1, 0.15) is 6.92 Å². The number of anilines is 1. The van der Waals surface area contributed by atoms with E-state index >= 15 is 0 Å². The maximum absolute atomic E-state index is 11.6. The van der Waals surface area contributed by atoms with Gasteiger partial charge < -0.3 is 20.5 Å². The lowest BCUT2D eigenvalue weighted by Gasteiger charge is -2.21. The predicted octanol–water partition coefficient (Wildman–Crippen LogP) is 1.89. The maximum Gasteiger partial charge on any atom is 0.241 e. The number of nitrogens with one attached hydrogen (secondary N) is 1. The molecule has 0 saturated carbocycles. The Labute approximate surface area is 122 Å². The Morgan fingerprint density at radius 1 is 1.37 bits per heavy atom. The summed E-state index contributed by atoms with van der Waals surface area (Å²) in [5.41, 5.74) is 6.24. The summed E-state index contributed by atoms with van der Waals surface area (Å²) in [6, 6.07) is 3.10. The number of fused-ring (bicyclic) bond motifs is 1. The van der Waals surface area contributed by atoms with Crippen molar-refractivity contribution in [3.63, 3.8) is 0 Å². The number of ether oxygens (including phenoxy) is 2. The van der Waals surface area contributed by atoms with Crippen molar-refractivity contribution < 1.29 is 14.3 Å². The number of benzene rings is 1. The predicted molar refractivity (Wildman–Crippen MR) is 78.7 cm³/mol. The van der Waals surface area contributed by atoms with E-state index in [1.807, 2.05) is 12.3 Å². The van der Waals surface area contributed by atoms with Gasteiger partial charge in [-0.2, -0.15) is 0 Å². The molecule has 19 heavy (non-hydrogen) atoms. The molecule has 0 aliphatic carbocycles. The molecule has 0 spiro atoms. The fraction of sp³-hybridized carbons (Fsp3) is 0.417. The van der Waals surface area contributed by atoms with Crippen LogP contribution in [0.15, 0.2) is 17.0 Å². The molecule has 0 aromatic heterocycles. The van der Waals surface area contributed by atoms with Crippen LogP contribution >= 0.6 is 24.2 Å². The number of carbonyl (C=O) groups excluding carboxylic acids is 1. The summed E-state index contributed by atoms with van der Waals surface area (Å²) in [6.45, 7) is 2.71. The van der Waals surface area contributed by atoms with Crippen LogP contribution in [-0.4, -0.2) is 31.4 Å². The van der Waals surface area contributed by atoms with Crippen LogP contribution in [0.5, 0.6) is 11.5 Å². The second-order valence-corrected chi connectivity index (χ2v) is 4.82. The van der Waals surface area contributed by atoms with E-state index in [4.69, 9.17) is 15.2 Å². The number of rotatable bonds is 3. The molecule has 106 valence electrons. The van der Waals surface area contributed by atoms with Gasteiger partial charge in [-0.3, -0.25) is 4.79 Å². The highest BCUT2D eigenvalue weighted by atomic mass is 35.5. The molecule has 0 unspecified atom stereocenters. The summed E-state index contributed by atoms with van der Waals surface area (Å²) in [6.07, 6.45) is 1.94. The van der Waals surface area contributed by atoms with Gasteiger partial charge in [0.15, 0.2) is 11.5 Å². The average Bonchev–Trinajstić information content (AvgIpc) is 2.37. The van der Waals surface area contributed by atoms with E-state index in [1.165, 1.54) is 11.8 Å².